The highest BCUT2D eigenvalue weighted by Gasteiger charge is 2.20. The fourth-order valence-electron chi connectivity index (χ4n) is 1.46. The molecule has 0 radical (unpaired) electrons. The van der Waals surface area contributed by atoms with E-state index in [0.717, 1.165) is 23.9 Å². The molecule has 8 heteroatoms. The molecular weight excluding hydrogens is 293 g/mol. The van der Waals surface area contributed by atoms with E-state index >= 15 is 0 Å². The minimum Gasteiger partial charge on any atom is -0.280 e. The second-order valence-electron chi connectivity index (χ2n) is 4.00. The summed E-state index contributed by atoms with van der Waals surface area (Å²) in [4.78, 5) is -0.199. The molecule has 0 saturated heterocycles. The number of hydrogen-bond donors (Lipinski definition) is 2. The van der Waals surface area contributed by atoms with Gasteiger partial charge in [-0.25, -0.2) is 12.8 Å². The van der Waals surface area contributed by atoms with Crippen LogP contribution >= 0.6 is 11.6 Å². The van der Waals surface area contributed by atoms with Gasteiger partial charge in [-0.15, -0.1) is 0 Å². The van der Waals surface area contributed by atoms with Crippen LogP contribution in [0.4, 0.5) is 10.2 Å². The summed E-state index contributed by atoms with van der Waals surface area (Å²) in [5, 5.41) is 6.32. The average Bonchev–Trinajstić information content (AvgIpc) is 2.60. The zero-order chi connectivity index (χ0) is 14.2. The molecule has 0 unspecified atom stereocenters. The average molecular weight is 304 g/mol. The molecule has 2 N–H and O–H groups in total. The maximum Gasteiger partial charge on any atom is 0.264 e. The third-order valence-corrected chi connectivity index (χ3v) is 4.49. The summed E-state index contributed by atoms with van der Waals surface area (Å²) < 4.78 is 39.5. The van der Waals surface area contributed by atoms with E-state index in [2.05, 4.69) is 14.9 Å². The van der Waals surface area contributed by atoms with Crippen LogP contribution in [0.1, 0.15) is 11.3 Å². The number of halogens is 2. The van der Waals surface area contributed by atoms with Crippen LogP contribution in [-0.2, 0) is 10.0 Å². The van der Waals surface area contributed by atoms with Crippen LogP contribution in [0.2, 0.25) is 5.02 Å². The predicted molar refractivity (Wildman–Crippen MR) is 70.3 cm³/mol. The number of rotatable bonds is 3. The molecule has 5 nitrogen and oxygen atoms in total. The number of benzene rings is 1. The minimum atomic E-state index is -3.90. The quantitative estimate of drug-likeness (QED) is 0.915. The van der Waals surface area contributed by atoms with E-state index in [9.17, 15) is 12.8 Å². The molecule has 0 atom stereocenters. The molecule has 0 fully saturated rings. The van der Waals surface area contributed by atoms with Gasteiger partial charge in [0, 0.05) is 11.3 Å². The second kappa shape index (κ2) is 4.82. The molecule has 0 aliphatic rings. The largest absolute Gasteiger partial charge is 0.280 e. The minimum absolute atomic E-state index is 0.183. The Morgan fingerprint density at radius 1 is 1.37 bits per heavy atom. The summed E-state index contributed by atoms with van der Waals surface area (Å²) in [6.07, 6.45) is 0. The molecule has 1 aromatic heterocycles. The van der Waals surface area contributed by atoms with Gasteiger partial charge in [0.25, 0.3) is 10.0 Å². The molecule has 0 aliphatic heterocycles. The Hall–Kier alpha value is -1.60. The number of sulfonamides is 1. The highest BCUT2D eigenvalue weighted by Crippen LogP contribution is 2.25. The molecule has 1 aromatic carbocycles. The van der Waals surface area contributed by atoms with Crippen molar-refractivity contribution >= 4 is 27.4 Å². The first-order valence-electron chi connectivity index (χ1n) is 5.30. The lowest BCUT2D eigenvalue weighted by Crippen LogP contribution is -2.14. The highest BCUT2D eigenvalue weighted by atomic mass is 35.5. The van der Waals surface area contributed by atoms with Crippen molar-refractivity contribution in [1.82, 2.24) is 10.2 Å². The Morgan fingerprint density at radius 2 is 2.05 bits per heavy atom. The molecule has 1 heterocycles. The summed E-state index contributed by atoms with van der Waals surface area (Å²) in [6.45, 7) is 3.49. The number of nitrogens with one attached hydrogen (secondary N) is 2. The first kappa shape index (κ1) is 13.8. The van der Waals surface area contributed by atoms with Crippen LogP contribution in [0.25, 0.3) is 0 Å². The van der Waals surface area contributed by atoms with E-state index in [0.29, 0.717) is 5.56 Å². The van der Waals surface area contributed by atoms with Gasteiger partial charge in [0.1, 0.15) is 10.7 Å². The maximum atomic E-state index is 12.9. The smallest absolute Gasteiger partial charge is 0.264 e. The lowest BCUT2D eigenvalue weighted by molar-refractivity contribution is 0.599. The van der Waals surface area contributed by atoms with Crippen molar-refractivity contribution in [2.75, 3.05) is 4.72 Å². The van der Waals surface area contributed by atoms with E-state index in [1.165, 1.54) is 0 Å². The number of H-pyrrole nitrogens is 1. The lowest BCUT2D eigenvalue weighted by Gasteiger charge is -2.08. The number of aryl methyl sites for hydroxylation is 1. The molecule has 102 valence electrons. The number of anilines is 1. The van der Waals surface area contributed by atoms with Gasteiger partial charge in [0.2, 0.25) is 0 Å². The number of hydrogen-bond acceptors (Lipinski definition) is 3. The molecule has 0 spiro atoms. The van der Waals surface area contributed by atoms with Crippen molar-refractivity contribution in [1.29, 1.82) is 0 Å². The van der Waals surface area contributed by atoms with Crippen molar-refractivity contribution in [3.05, 3.63) is 40.3 Å². The fraction of sp³-hybridized carbons (Fsp3) is 0.182. The van der Waals surface area contributed by atoms with E-state index in [-0.39, 0.29) is 15.7 Å². The third-order valence-electron chi connectivity index (χ3n) is 2.67. The summed E-state index contributed by atoms with van der Waals surface area (Å²) in [6, 6.07) is 3.08. The molecule has 2 aromatic rings. The zero-order valence-electron chi connectivity index (χ0n) is 10.2. The summed E-state index contributed by atoms with van der Waals surface area (Å²) >= 11 is 5.74. The van der Waals surface area contributed by atoms with E-state index < -0.39 is 15.8 Å². The molecule has 0 aliphatic carbocycles. The van der Waals surface area contributed by atoms with Gasteiger partial charge in [-0.1, -0.05) is 11.6 Å². The Kier molecular flexibility index (Phi) is 3.51. The lowest BCUT2D eigenvalue weighted by atomic mass is 10.3. The third kappa shape index (κ3) is 2.71. The molecule has 19 heavy (non-hydrogen) atoms. The molecular formula is C11H11ClFN3O2S. The Balaban J connectivity index is 2.41. The fourth-order valence-corrected chi connectivity index (χ4v) is 3.06. The van der Waals surface area contributed by atoms with Gasteiger partial charge < -0.3 is 0 Å². The normalized spacial score (nSPS) is 11.6. The first-order chi connectivity index (χ1) is 8.81. The molecule has 0 amide bonds. The van der Waals surface area contributed by atoms with Gasteiger partial charge in [-0.05, 0) is 32.0 Å². The van der Waals surface area contributed by atoms with Crippen LogP contribution in [-0.4, -0.2) is 18.6 Å². The molecule has 2 rings (SSSR count). The van der Waals surface area contributed by atoms with Crippen molar-refractivity contribution in [3.8, 4) is 0 Å². The molecule has 0 bridgehead atoms. The monoisotopic (exact) mass is 303 g/mol. The van der Waals surface area contributed by atoms with E-state index in [1.54, 1.807) is 13.8 Å². The van der Waals surface area contributed by atoms with Crippen molar-refractivity contribution in [3.63, 3.8) is 0 Å². The van der Waals surface area contributed by atoms with Crippen molar-refractivity contribution < 1.29 is 12.8 Å². The summed E-state index contributed by atoms with van der Waals surface area (Å²) in [7, 11) is -3.90. The van der Waals surface area contributed by atoms with Crippen LogP contribution in [0, 0.1) is 19.7 Å². The molecule has 0 saturated carbocycles. The number of aromatic nitrogens is 2. The van der Waals surface area contributed by atoms with Gasteiger partial charge >= 0.3 is 0 Å². The SMILES string of the molecule is Cc1[nH]nc(NS(=O)(=O)c2ccc(F)cc2Cl)c1C. The van der Waals surface area contributed by atoms with Crippen LogP contribution < -0.4 is 4.72 Å². The van der Waals surface area contributed by atoms with Gasteiger partial charge in [-0.2, -0.15) is 5.10 Å². The standard InChI is InChI=1S/C11H11ClFN3O2S/c1-6-7(2)14-15-11(6)16-19(17,18)10-4-3-8(13)5-9(10)12/h3-5H,1-2H3,(H2,14,15,16). The van der Waals surface area contributed by atoms with Crippen LogP contribution in [0.15, 0.2) is 23.1 Å². The number of aromatic amines is 1. The number of nitrogens with zero attached hydrogens (tertiary/aromatic N) is 1. The van der Waals surface area contributed by atoms with Crippen molar-refractivity contribution in [2.24, 2.45) is 0 Å². The Labute approximate surface area is 114 Å². The van der Waals surface area contributed by atoms with E-state index in [4.69, 9.17) is 11.6 Å². The van der Waals surface area contributed by atoms with Crippen LogP contribution in [0.5, 0.6) is 0 Å². The summed E-state index contributed by atoms with van der Waals surface area (Å²) in [5.74, 6) is -0.409. The Bertz CT molecular complexity index is 728. The van der Waals surface area contributed by atoms with Crippen molar-refractivity contribution in [2.45, 2.75) is 18.7 Å². The first-order valence-corrected chi connectivity index (χ1v) is 7.17. The van der Waals surface area contributed by atoms with Gasteiger partial charge in [0.15, 0.2) is 5.82 Å². The maximum absolute atomic E-state index is 12.9. The second-order valence-corrected chi connectivity index (χ2v) is 6.06. The Morgan fingerprint density at radius 3 is 2.58 bits per heavy atom. The predicted octanol–water partition coefficient (Wildman–Crippen LogP) is 2.62. The van der Waals surface area contributed by atoms with E-state index in [1.807, 2.05) is 0 Å². The van der Waals surface area contributed by atoms with Crippen LogP contribution in [0.3, 0.4) is 0 Å². The van der Waals surface area contributed by atoms with Gasteiger partial charge in [0.05, 0.1) is 5.02 Å². The summed E-state index contributed by atoms with van der Waals surface area (Å²) in [5.41, 5.74) is 1.43. The zero-order valence-corrected chi connectivity index (χ0v) is 11.7. The topological polar surface area (TPSA) is 74.8 Å². The van der Waals surface area contributed by atoms with Gasteiger partial charge in [-0.3, -0.25) is 9.82 Å². The highest BCUT2D eigenvalue weighted by molar-refractivity contribution is 7.92.